The third kappa shape index (κ3) is 6.27. The molecule has 8 heteroatoms. The second-order valence-electron chi connectivity index (χ2n) is 11.3. The summed E-state index contributed by atoms with van der Waals surface area (Å²) in [6.07, 6.45) is 1.40. The number of ether oxygens (including phenoxy) is 2. The number of alkyl halides is 1. The molecule has 6 aromatic rings. The molecule has 0 saturated heterocycles. The fraction of sp³-hybridized carbons (Fsp3) is 0.263. The zero-order chi connectivity index (χ0) is 32.0. The number of fused-ring (bicyclic) bond motifs is 2. The number of aryl methyl sites for hydroxylation is 3. The summed E-state index contributed by atoms with van der Waals surface area (Å²) in [5.74, 6) is 0.563. The molecule has 1 N–H and O–H groups in total. The maximum Gasteiger partial charge on any atom is 0.355 e. The van der Waals surface area contributed by atoms with Gasteiger partial charge in [-0.25, -0.2) is 4.79 Å². The molecule has 2 aromatic heterocycles. The van der Waals surface area contributed by atoms with Crippen LogP contribution in [0, 0.1) is 6.92 Å². The Labute approximate surface area is 278 Å². The number of rotatable bonds is 13. The number of para-hydroxylation sites is 2. The van der Waals surface area contributed by atoms with E-state index < -0.39 is 0 Å². The van der Waals surface area contributed by atoms with Gasteiger partial charge in [-0.05, 0) is 55.8 Å². The molecule has 7 nitrogen and oxygen atoms in total. The molecule has 0 radical (unpaired) electrons. The number of halogens is 1. The summed E-state index contributed by atoms with van der Waals surface area (Å²) in [5.41, 5.74) is 7.81. The standard InChI is InChI=1S/C38H39BrN4O3/c1-4-45-38(44)37-31(20-12-24-46-34-21-10-14-27-13-8-9-17-29(27)34)30-18-11-19-32(35-26(2)41-42(3)33(35)25-39)36(30)43(37)23-22-40-28-15-6-5-7-16-28/h5-11,13-19,21,40H,4,12,20,22-25H2,1-3H3. The van der Waals surface area contributed by atoms with Crippen molar-refractivity contribution in [2.75, 3.05) is 25.1 Å². The first-order chi connectivity index (χ1) is 22.5. The van der Waals surface area contributed by atoms with Gasteiger partial charge >= 0.3 is 5.97 Å². The Morgan fingerprint density at radius 2 is 1.67 bits per heavy atom. The first-order valence-electron chi connectivity index (χ1n) is 15.8. The quantitative estimate of drug-likeness (QED) is 0.0752. The number of nitrogens with one attached hydrogen (secondary N) is 1. The molecule has 0 aliphatic heterocycles. The monoisotopic (exact) mass is 678 g/mol. The van der Waals surface area contributed by atoms with E-state index in [1.165, 1.54) is 0 Å². The molecule has 6 rings (SSSR count). The summed E-state index contributed by atoms with van der Waals surface area (Å²) in [4.78, 5) is 13.8. The summed E-state index contributed by atoms with van der Waals surface area (Å²) in [7, 11) is 1.97. The van der Waals surface area contributed by atoms with Crippen molar-refractivity contribution in [1.82, 2.24) is 14.3 Å². The summed E-state index contributed by atoms with van der Waals surface area (Å²) >= 11 is 3.69. The van der Waals surface area contributed by atoms with Crippen LogP contribution in [0.2, 0.25) is 0 Å². The summed E-state index contributed by atoms with van der Waals surface area (Å²) in [6, 6.07) is 30.9. The van der Waals surface area contributed by atoms with E-state index in [4.69, 9.17) is 14.6 Å². The van der Waals surface area contributed by atoms with Crippen LogP contribution in [0.4, 0.5) is 5.69 Å². The van der Waals surface area contributed by atoms with Crippen LogP contribution in [0.3, 0.4) is 0 Å². The Kier molecular flexibility index (Phi) is 9.73. The lowest BCUT2D eigenvalue weighted by molar-refractivity contribution is 0.0513. The van der Waals surface area contributed by atoms with Crippen LogP contribution in [-0.2, 0) is 30.1 Å². The highest BCUT2D eigenvalue weighted by atomic mass is 79.9. The molecule has 0 amide bonds. The van der Waals surface area contributed by atoms with E-state index in [0.29, 0.717) is 43.7 Å². The molecule has 0 aliphatic rings. The van der Waals surface area contributed by atoms with Gasteiger partial charge in [-0.3, -0.25) is 4.68 Å². The van der Waals surface area contributed by atoms with E-state index in [0.717, 1.165) is 67.6 Å². The van der Waals surface area contributed by atoms with Crippen LogP contribution in [0.25, 0.3) is 32.8 Å². The average Bonchev–Trinajstić information content (AvgIpc) is 3.55. The number of esters is 1. The summed E-state index contributed by atoms with van der Waals surface area (Å²) in [5, 5.41) is 12.2. The molecule has 0 unspecified atom stereocenters. The third-order valence-corrected chi connectivity index (χ3v) is 8.94. The number of hydrogen-bond acceptors (Lipinski definition) is 5. The van der Waals surface area contributed by atoms with E-state index in [-0.39, 0.29) is 5.97 Å². The summed E-state index contributed by atoms with van der Waals surface area (Å²) < 4.78 is 16.1. The predicted octanol–water partition coefficient (Wildman–Crippen LogP) is 8.70. The van der Waals surface area contributed by atoms with Gasteiger partial charge in [0.1, 0.15) is 11.4 Å². The highest BCUT2D eigenvalue weighted by Gasteiger charge is 2.27. The normalized spacial score (nSPS) is 11.3. The van der Waals surface area contributed by atoms with Crippen LogP contribution in [0.5, 0.6) is 5.75 Å². The first kappa shape index (κ1) is 31.4. The van der Waals surface area contributed by atoms with Crippen molar-refractivity contribution < 1.29 is 14.3 Å². The van der Waals surface area contributed by atoms with Crippen LogP contribution < -0.4 is 10.1 Å². The van der Waals surface area contributed by atoms with Gasteiger partial charge in [0.15, 0.2) is 0 Å². The molecular formula is C38H39BrN4O3. The van der Waals surface area contributed by atoms with Crippen molar-refractivity contribution in [3.8, 4) is 16.9 Å². The van der Waals surface area contributed by atoms with Crippen molar-refractivity contribution >= 4 is 49.3 Å². The van der Waals surface area contributed by atoms with E-state index in [1.807, 2.05) is 80.2 Å². The minimum Gasteiger partial charge on any atom is -0.493 e. The van der Waals surface area contributed by atoms with Crippen LogP contribution >= 0.6 is 15.9 Å². The van der Waals surface area contributed by atoms with E-state index in [9.17, 15) is 4.79 Å². The van der Waals surface area contributed by atoms with Gasteiger partial charge in [0.05, 0.1) is 30.1 Å². The Hall–Kier alpha value is -4.56. The fourth-order valence-electron chi connectivity index (χ4n) is 6.42. The Bertz CT molecular complexity index is 1970. The molecule has 0 fully saturated rings. The van der Waals surface area contributed by atoms with E-state index in [1.54, 1.807) is 0 Å². The van der Waals surface area contributed by atoms with Crippen LogP contribution in [0.15, 0.2) is 91.0 Å². The number of hydrogen-bond donors (Lipinski definition) is 1. The van der Waals surface area contributed by atoms with Gasteiger partial charge < -0.3 is 19.4 Å². The van der Waals surface area contributed by atoms with E-state index in [2.05, 4.69) is 62.2 Å². The molecule has 236 valence electrons. The fourth-order valence-corrected chi connectivity index (χ4v) is 7.06. The molecule has 46 heavy (non-hydrogen) atoms. The lowest BCUT2D eigenvalue weighted by Gasteiger charge is -2.15. The highest BCUT2D eigenvalue weighted by Crippen LogP contribution is 2.39. The SMILES string of the molecule is CCOC(=O)c1c(CCCOc2cccc3ccccc23)c2cccc(-c3c(C)nn(C)c3CBr)c2n1CCNc1ccccc1. The Balaban J connectivity index is 1.41. The highest BCUT2D eigenvalue weighted by molar-refractivity contribution is 9.08. The topological polar surface area (TPSA) is 70.3 Å². The van der Waals surface area contributed by atoms with Gasteiger partial charge in [-0.1, -0.05) is 88.7 Å². The van der Waals surface area contributed by atoms with Crippen molar-refractivity contribution in [3.63, 3.8) is 0 Å². The minimum atomic E-state index is -0.307. The lowest BCUT2D eigenvalue weighted by Crippen LogP contribution is -2.18. The number of anilines is 1. The average molecular weight is 680 g/mol. The van der Waals surface area contributed by atoms with Gasteiger partial charge in [-0.2, -0.15) is 5.10 Å². The first-order valence-corrected chi connectivity index (χ1v) is 16.9. The van der Waals surface area contributed by atoms with Gasteiger partial charge in [0, 0.05) is 53.1 Å². The summed E-state index contributed by atoms with van der Waals surface area (Å²) in [6.45, 7) is 5.93. The number of carbonyl (C=O) groups excluding carboxylic acids is 1. The van der Waals surface area contributed by atoms with Gasteiger partial charge in [0.25, 0.3) is 0 Å². The zero-order valence-electron chi connectivity index (χ0n) is 26.6. The lowest BCUT2D eigenvalue weighted by atomic mass is 9.98. The third-order valence-electron chi connectivity index (χ3n) is 8.41. The van der Waals surface area contributed by atoms with Crippen molar-refractivity contribution in [1.29, 1.82) is 0 Å². The number of benzene rings is 4. The van der Waals surface area contributed by atoms with Crippen LogP contribution in [-0.4, -0.2) is 40.1 Å². The smallest absolute Gasteiger partial charge is 0.355 e. The van der Waals surface area contributed by atoms with Gasteiger partial charge in [0.2, 0.25) is 0 Å². The van der Waals surface area contributed by atoms with Crippen molar-refractivity contribution in [2.24, 2.45) is 7.05 Å². The molecule has 0 bridgehead atoms. The number of carbonyl (C=O) groups is 1. The van der Waals surface area contributed by atoms with Crippen molar-refractivity contribution in [3.05, 3.63) is 114 Å². The molecule has 0 atom stereocenters. The molecule has 0 saturated carbocycles. The second-order valence-corrected chi connectivity index (χ2v) is 11.8. The molecule has 2 heterocycles. The number of nitrogens with zero attached hydrogens (tertiary/aromatic N) is 3. The van der Waals surface area contributed by atoms with Crippen molar-refractivity contribution in [2.45, 2.75) is 38.6 Å². The second kappa shape index (κ2) is 14.3. The van der Waals surface area contributed by atoms with Gasteiger partial charge in [-0.15, -0.1) is 0 Å². The molecule has 0 spiro atoms. The molecular weight excluding hydrogens is 640 g/mol. The van der Waals surface area contributed by atoms with E-state index >= 15 is 0 Å². The Morgan fingerprint density at radius 1 is 0.935 bits per heavy atom. The molecule has 0 aliphatic carbocycles. The molecule has 4 aromatic carbocycles. The van der Waals surface area contributed by atoms with Crippen LogP contribution in [0.1, 0.15) is 40.8 Å². The zero-order valence-corrected chi connectivity index (χ0v) is 28.1. The number of aromatic nitrogens is 3. The maximum atomic E-state index is 13.8. The maximum absolute atomic E-state index is 13.8. The predicted molar refractivity (Wildman–Crippen MR) is 190 cm³/mol. The largest absolute Gasteiger partial charge is 0.493 e. The Morgan fingerprint density at radius 3 is 2.48 bits per heavy atom. The minimum absolute atomic E-state index is 0.300.